The SMILES string of the molecule is COC(=O)c1ccc([N+](=O)[O-])c(N2CCCC(O)C2)n1. The number of methoxy groups -OCH3 is 1. The minimum Gasteiger partial charge on any atom is -0.464 e. The normalized spacial score (nSPS) is 18.7. The largest absolute Gasteiger partial charge is 0.464 e. The van der Waals surface area contributed by atoms with E-state index >= 15 is 0 Å². The minimum absolute atomic E-state index is 0.00756. The Morgan fingerprint density at radius 3 is 2.95 bits per heavy atom. The fraction of sp³-hybridized carbons (Fsp3) is 0.500. The maximum Gasteiger partial charge on any atom is 0.356 e. The van der Waals surface area contributed by atoms with Crippen molar-refractivity contribution in [3.63, 3.8) is 0 Å². The van der Waals surface area contributed by atoms with Crippen molar-refractivity contribution in [3.05, 3.63) is 27.9 Å². The van der Waals surface area contributed by atoms with Crippen LogP contribution in [-0.4, -0.2) is 47.3 Å². The molecule has 0 aliphatic carbocycles. The Balaban J connectivity index is 2.41. The predicted molar refractivity (Wildman–Crippen MR) is 69.7 cm³/mol. The highest BCUT2D eigenvalue weighted by atomic mass is 16.6. The molecule has 0 aromatic carbocycles. The number of hydrogen-bond acceptors (Lipinski definition) is 7. The van der Waals surface area contributed by atoms with Gasteiger partial charge in [-0.1, -0.05) is 0 Å². The second-order valence-electron chi connectivity index (χ2n) is 4.53. The molecule has 0 bridgehead atoms. The van der Waals surface area contributed by atoms with Gasteiger partial charge < -0.3 is 14.7 Å². The molecule has 0 amide bonds. The molecule has 8 nitrogen and oxygen atoms in total. The number of esters is 1. The summed E-state index contributed by atoms with van der Waals surface area (Å²) in [7, 11) is 1.22. The van der Waals surface area contributed by atoms with E-state index in [9.17, 15) is 20.0 Å². The summed E-state index contributed by atoms with van der Waals surface area (Å²) >= 11 is 0. The van der Waals surface area contributed by atoms with E-state index in [1.165, 1.54) is 19.2 Å². The van der Waals surface area contributed by atoms with Crippen molar-refractivity contribution >= 4 is 17.5 Å². The average molecular weight is 281 g/mol. The van der Waals surface area contributed by atoms with E-state index in [-0.39, 0.29) is 23.7 Å². The number of aliphatic hydroxyl groups is 1. The Kier molecular flexibility index (Phi) is 4.14. The third-order valence-electron chi connectivity index (χ3n) is 3.14. The van der Waals surface area contributed by atoms with Gasteiger partial charge in [-0.2, -0.15) is 0 Å². The zero-order valence-corrected chi connectivity index (χ0v) is 11.0. The number of ether oxygens (including phenoxy) is 1. The predicted octanol–water partition coefficient (Wildman–Crippen LogP) is 0.737. The van der Waals surface area contributed by atoms with Gasteiger partial charge in [0.2, 0.25) is 5.82 Å². The fourth-order valence-electron chi connectivity index (χ4n) is 2.18. The first-order chi connectivity index (χ1) is 9.52. The van der Waals surface area contributed by atoms with Crippen LogP contribution in [-0.2, 0) is 4.74 Å². The van der Waals surface area contributed by atoms with Gasteiger partial charge in [-0.15, -0.1) is 0 Å². The van der Waals surface area contributed by atoms with Crippen LogP contribution in [0.25, 0.3) is 0 Å². The Bertz CT molecular complexity index is 534. The molecule has 0 saturated carbocycles. The van der Waals surface area contributed by atoms with Gasteiger partial charge in [0.15, 0.2) is 5.69 Å². The van der Waals surface area contributed by atoms with Crippen molar-refractivity contribution in [1.82, 2.24) is 4.98 Å². The lowest BCUT2D eigenvalue weighted by molar-refractivity contribution is -0.384. The molecule has 8 heteroatoms. The minimum atomic E-state index is -0.654. The van der Waals surface area contributed by atoms with Crippen LogP contribution in [0.2, 0.25) is 0 Å². The molecular formula is C12H15N3O5. The summed E-state index contributed by atoms with van der Waals surface area (Å²) in [6.45, 7) is 0.813. The second-order valence-corrected chi connectivity index (χ2v) is 4.53. The number of hydrogen-bond donors (Lipinski definition) is 1. The first kappa shape index (κ1) is 14.2. The topological polar surface area (TPSA) is 106 Å². The molecule has 1 fully saturated rings. The lowest BCUT2D eigenvalue weighted by atomic mass is 10.1. The molecule has 1 saturated heterocycles. The van der Waals surface area contributed by atoms with E-state index in [1.54, 1.807) is 4.90 Å². The standard InChI is InChI=1S/C12H15N3O5/c1-20-12(17)9-4-5-10(15(18)19)11(13-9)14-6-2-3-8(16)7-14/h4-5,8,16H,2-3,6-7H2,1H3. The highest BCUT2D eigenvalue weighted by Crippen LogP contribution is 2.28. The maximum absolute atomic E-state index is 11.5. The lowest BCUT2D eigenvalue weighted by Crippen LogP contribution is -2.39. The van der Waals surface area contributed by atoms with Crippen LogP contribution in [0.5, 0.6) is 0 Å². The van der Waals surface area contributed by atoms with Crippen LogP contribution < -0.4 is 4.90 Å². The maximum atomic E-state index is 11.5. The van der Waals surface area contributed by atoms with Gasteiger partial charge in [0, 0.05) is 19.2 Å². The van der Waals surface area contributed by atoms with Crippen molar-refractivity contribution in [3.8, 4) is 0 Å². The molecule has 1 aromatic heterocycles. The zero-order chi connectivity index (χ0) is 14.7. The van der Waals surface area contributed by atoms with Gasteiger partial charge in [0.1, 0.15) is 0 Å². The van der Waals surface area contributed by atoms with E-state index in [0.29, 0.717) is 19.4 Å². The number of piperidine rings is 1. The number of rotatable bonds is 3. The summed E-state index contributed by atoms with van der Waals surface area (Å²) in [5.74, 6) is -0.560. The summed E-state index contributed by atoms with van der Waals surface area (Å²) in [4.78, 5) is 27.6. The molecule has 2 rings (SSSR count). The molecule has 1 aromatic rings. The molecule has 2 heterocycles. The Labute approximate surface area is 115 Å². The Hall–Kier alpha value is -2.22. The van der Waals surface area contributed by atoms with Crippen LogP contribution in [0.3, 0.4) is 0 Å². The third-order valence-corrected chi connectivity index (χ3v) is 3.14. The number of aromatic nitrogens is 1. The van der Waals surface area contributed by atoms with Crippen LogP contribution in [0, 0.1) is 10.1 Å². The van der Waals surface area contributed by atoms with Gasteiger partial charge in [-0.25, -0.2) is 9.78 Å². The summed E-state index contributed by atoms with van der Waals surface area (Å²) in [6.07, 6.45) is 0.815. The van der Waals surface area contributed by atoms with Gasteiger partial charge in [0.05, 0.1) is 18.1 Å². The van der Waals surface area contributed by atoms with E-state index in [2.05, 4.69) is 9.72 Å². The van der Waals surface area contributed by atoms with Crippen LogP contribution in [0.1, 0.15) is 23.3 Å². The van der Waals surface area contributed by atoms with Crippen molar-refractivity contribution < 1.29 is 19.6 Å². The summed E-state index contributed by atoms with van der Waals surface area (Å²) in [6, 6.07) is 2.49. The van der Waals surface area contributed by atoms with E-state index in [1.807, 2.05) is 0 Å². The second kappa shape index (κ2) is 5.83. The molecule has 0 spiro atoms. The molecule has 1 unspecified atom stereocenters. The van der Waals surface area contributed by atoms with Gasteiger partial charge in [0.25, 0.3) is 0 Å². The number of carbonyl (C=O) groups excluding carboxylic acids is 1. The number of β-amino-alcohol motifs (C(OH)–C–C–N with tert-alkyl or cyclic N) is 1. The fourth-order valence-corrected chi connectivity index (χ4v) is 2.18. The van der Waals surface area contributed by atoms with Crippen molar-refractivity contribution in [1.29, 1.82) is 0 Å². The van der Waals surface area contributed by atoms with E-state index < -0.39 is 17.0 Å². The van der Waals surface area contributed by atoms with E-state index in [4.69, 9.17) is 0 Å². The van der Waals surface area contributed by atoms with Gasteiger partial charge in [-0.05, 0) is 18.9 Å². The first-order valence-corrected chi connectivity index (χ1v) is 6.19. The molecule has 1 aliphatic rings. The quantitative estimate of drug-likeness (QED) is 0.494. The number of carbonyl (C=O) groups is 1. The van der Waals surface area contributed by atoms with Gasteiger partial charge in [-0.3, -0.25) is 10.1 Å². The van der Waals surface area contributed by atoms with Crippen molar-refractivity contribution in [2.24, 2.45) is 0 Å². The molecule has 1 atom stereocenters. The number of nitro groups is 1. The monoisotopic (exact) mass is 281 g/mol. The van der Waals surface area contributed by atoms with Crippen LogP contribution in [0.15, 0.2) is 12.1 Å². The van der Waals surface area contributed by atoms with Gasteiger partial charge >= 0.3 is 11.7 Å². The van der Waals surface area contributed by atoms with Crippen molar-refractivity contribution in [2.75, 3.05) is 25.1 Å². The molecule has 20 heavy (non-hydrogen) atoms. The number of anilines is 1. The molecule has 1 N–H and O–H groups in total. The number of nitrogens with zero attached hydrogens (tertiary/aromatic N) is 3. The Morgan fingerprint density at radius 1 is 1.60 bits per heavy atom. The first-order valence-electron chi connectivity index (χ1n) is 6.19. The smallest absolute Gasteiger partial charge is 0.356 e. The number of pyridine rings is 1. The molecule has 108 valence electrons. The van der Waals surface area contributed by atoms with E-state index in [0.717, 1.165) is 0 Å². The molecule has 1 aliphatic heterocycles. The molecular weight excluding hydrogens is 266 g/mol. The summed E-state index contributed by atoms with van der Waals surface area (Å²) < 4.78 is 4.56. The lowest BCUT2D eigenvalue weighted by Gasteiger charge is -2.30. The third kappa shape index (κ3) is 2.85. The van der Waals surface area contributed by atoms with Crippen molar-refractivity contribution in [2.45, 2.75) is 18.9 Å². The Morgan fingerprint density at radius 2 is 2.35 bits per heavy atom. The highest BCUT2D eigenvalue weighted by molar-refractivity contribution is 5.88. The van der Waals surface area contributed by atoms with Crippen LogP contribution >= 0.6 is 0 Å². The summed E-state index contributed by atoms with van der Waals surface area (Å²) in [5, 5.41) is 20.7. The number of aliphatic hydroxyl groups excluding tert-OH is 1. The summed E-state index contributed by atoms with van der Waals surface area (Å²) in [5.41, 5.74) is -0.181. The average Bonchev–Trinajstić information content (AvgIpc) is 2.45. The highest BCUT2D eigenvalue weighted by Gasteiger charge is 2.27. The van der Waals surface area contributed by atoms with Crippen LogP contribution in [0.4, 0.5) is 11.5 Å². The molecule has 0 radical (unpaired) electrons. The zero-order valence-electron chi connectivity index (χ0n) is 11.0.